The van der Waals surface area contributed by atoms with Crippen molar-refractivity contribution in [3.05, 3.63) is 57.7 Å². The molecule has 1 aliphatic heterocycles. The van der Waals surface area contributed by atoms with Gasteiger partial charge in [0.15, 0.2) is 6.17 Å². The van der Waals surface area contributed by atoms with Gasteiger partial charge in [-0.25, -0.2) is 0 Å². The number of nitrogens with two attached hydrogens (primary N) is 1. The Kier molecular flexibility index (Phi) is 4.50. The van der Waals surface area contributed by atoms with E-state index < -0.39 is 16.8 Å². The van der Waals surface area contributed by atoms with Gasteiger partial charge in [-0.05, 0) is 18.6 Å². The van der Waals surface area contributed by atoms with E-state index >= 15 is 0 Å². The van der Waals surface area contributed by atoms with E-state index in [1.807, 2.05) is 37.3 Å². The molecule has 2 N–H and O–H groups in total. The second-order valence-corrected chi connectivity index (χ2v) is 4.88. The summed E-state index contributed by atoms with van der Waals surface area (Å²) in [6, 6.07) is 9.57. The second-order valence-electron chi connectivity index (χ2n) is 4.88. The van der Waals surface area contributed by atoms with Crippen LogP contribution in [0.5, 0.6) is 0 Å². The highest BCUT2D eigenvalue weighted by Crippen LogP contribution is 2.38. The van der Waals surface area contributed by atoms with Gasteiger partial charge in [0.05, 0.1) is 11.5 Å². The Morgan fingerprint density at radius 1 is 1.48 bits per heavy atom. The SMILES string of the molecule is CCOC1([N+](=O)[O-])C(C(C)c2ccccc2)=CC=NC1N. The topological polar surface area (TPSA) is 90.8 Å². The van der Waals surface area contributed by atoms with Crippen molar-refractivity contribution in [1.29, 1.82) is 0 Å². The Balaban J connectivity index is 2.50. The number of nitrogens with zero attached hydrogens (tertiary/aromatic N) is 2. The fourth-order valence-electron chi connectivity index (χ4n) is 2.64. The molecule has 0 radical (unpaired) electrons. The highest BCUT2D eigenvalue weighted by atomic mass is 16.7. The molecular formula is C15H19N3O3. The highest BCUT2D eigenvalue weighted by Gasteiger charge is 2.56. The molecule has 3 atom stereocenters. The molecule has 0 saturated carbocycles. The molecule has 0 amide bonds. The normalized spacial score (nSPS) is 26.2. The minimum atomic E-state index is -1.81. The molecule has 0 saturated heterocycles. The summed E-state index contributed by atoms with van der Waals surface area (Å²) in [7, 11) is 0. The number of ether oxygens (including phenoxy) is 1. The van der Waals surface area contributed by atoms with Crippen LogP contribution in [0.2, 0.25) is 0 Å². The van der Waals surface area contributed by atoms with E-state index in [-0.39, 0.29) is 12.5 Å². The number of hydrogen-bond acceptors (Lipinski definition) is 5. The number of hydrogen-bond donors (Lipinski definition) is 1. The summed E-state index contributed by atoms with van der Waals surface area (Å²) in [5.41, 5.74) is 5.58. The van der Waals surface area contributed by atoms with Gasteiger partial charge < -0.3 is 10.5 Å². The molecule has 2 rings (SSSR count). The predicted molar refractivity (Wildman–Crippen MR) is 80.8 cm³/mol. The smallest absolute Gasteiger partial charge is 0.309 e. The monoisotopic (exact) mass is 289 g/mol. The number of aliphatic imine (C=N–C) groups is 1. The first kappa shape index (κ1) is 15.3. The summed E-state index contributed by atoms with van der Waals surface area (Å²) < 4.78 is 5.49. The fraction of sp³-hybridized carbons (Fsp3) is 0.400. The van der Waals surface area contributed by atoms with Gasteiger partial charge in [0.25, 0.3) is 0 Å². The van der Waals surface area contributed by atoms with Gasteiger partial charge >= 0.3 is 5.72 Å². The van der Waals surface area contributed by atoms with E-state index in [1.54, 1.807) is 13.0 Å². The van der Waals surface area contributed by atoms with Gasteiger partial charge in [-0.3, -0.25) is 15.1 Å². The van der Waals surface area contributed by atoms with E-state index in [4.69, 9.17) is 10.5 Å². The zero-order valence-corrected chi connectivity index (χ0v) is 12.1. The lowest BCUT2D eigenvalue weighted by Crippen LogP contribution is -2.58. The quantitative estimate of drug-likeness (QED) is 0.510. The molecule has 0 aromatic heterocycles. The van der Waals surface area contributed by atoms with Crippen LogP contribution in [0.1, 0.15) is 25.3 Å². The number of dihydropyridines is 1. The summed E-state index contributed by atoms with van der Waals surface area (Å²) >= 11 is 0. The van der Waals surface area contributed by atoms with Crippen molar-refractivity contribution >= 4 is 6.21 Å². The molecule has 6 nitrogen and oxygen atoms in total. The molecule has 0 aliphatic carbocycles. The molecule has 1 aromatic carbocycles. The summed E-state index contributed by atoms with van der Waals surface area (Å²) in [4.78, 5) is 15.2. The van der Waals surface area contributed by atoms with Crippen LogP contribution in [0.4, 0.5) is 0 Å². The predicted octanol–water partition coefficient (Wildman–Crippen LogP) is 2.10. The minimum Gasteiger partial charge on any atom is -0.309 e. The maximum atomic E-state index is 11.7. The Labute approximate surface area is 123 Å². The summed E-state index contributed by atoms with van der Waals surface area (Å²) in [5, 5.41) is 11.7. The van der Waals surface area contributed by atoms with Crippen LogP contribution >= 0.6 is 0 Å². The number of benzene rings is 1. The lowest BCUT2D eigenvalue weighted by molar-refractivity contribution is -0.621. The van der Waals surface area contributed by atoms with E-state index in [9.17, 15) is 10.1 Å². The minimum absolute atomic E-state index is 0.184. The van der Waals surface area contributed by atoms with Crippen LogP contribution in [0.3, 0.4) is 0 Å². The third-order valence-corrected chi connectivity index (χ3v) is 3.72. The molecular weight excluding hydrogens is 270 g/mol. The average Bonchev–Trinajstić information content (AvgIpc) is 2.49. The number of allylic oxidation sites excluding steroid dienone is 1. The van der Waals surface area contributed by atoms with Crippen molar-refractivity contribution < 1.29 is 9.66 Å². The second kappa shape index (κ2) is 6.15. The van der Waals surface area contributed by atoms with Crippen LogP contribution in [-0.2, 0) is 4.74 Å². The standard InChI is InChI=1S/C15H19N3O3/c1-3-21-15(18(19)20)13(9-10-17-14(15)16)11(2)12-7-5-4-6-8-12/h4-11,14H,3,16H2,1-2H3. The van der Waals surface area contributed by atoms with Gasteiger partial charge in [0, 0.05) is 17.7 Å². The van der Waals surface area contributed by atoms with Crippen molar-refractivity contribution in [3.63, 3.8) is 0 Å². The third kappa shape index (κ3) is 2.59. The highest BCUT2D eigenvalue weighted by molar-refractivity contribution is 5.75. The molecule has 112 valence electrons. The Morgan fingerprint density at radius 3 is 2.71 bits per heavy atom. The van der Waals surface area contributed by atoms with Crippen molar-refractivity contribution in [3.8, 4) is 0 Å². The van der Waals surface area contributed by atoms with Crippen LogP contribution in [-0.4, -0.2) is 29.6 Å². The first-order valence-electron chi connectivity index (χ1n) is 6.86. The first-order valence-corrected chi connectivity index (χ1v) is 6.86. The van der Waals surface area contributed by atoms with Crippen LogP contribution < -0.4 is 5.73 Å². The first-order chi connectivity index (χ1) is 10.0. The van der Waals surface area contributed by atoms with Crippen LogP contribution in [0.15, 0.2) is 47.0 Å². The largest absolute Gasteiger partial charge is 0.383 e. The molecule has 3 unspecified atom stereocenters. The lowest BCUT2D eigenvalue weighted by Gasteiger charge is -2.34. The molecule has 21 heavy (non-hydrogen) atoms. The molecule has 1 aromatic rings. The number of nitro groups is 1. The van der Waals surface area contributed by atoms with E-state index in [0.29, 0.717) is 5.57 Å². The maximum Gasteiger partial charge on any atom is 0.383 e. The molecule has 0 bridgehead atoms. The summed E-state index contributed by atoms with van der Waals surface area (Å²) in [5.74, 6) is -0.194. The lowest BCUT2D eigenvalue weighted by atomic mass is 9.83. The van der Waals surface area contributed by atoms with Gasteiger partial charge in [-0.1, -0.05) is 37.3 Å². The molecule has 6 heteroatoms. The molecule has 0 spiro atoms. The summed E-state index contributed by atoms with van der Waals surface area (Å²) in [6.45, 7) is 3.80. The van der Waals surface area contributed by atoms with Gasteiger partial charge in [-0.15, -0.1) is 0 Å². The Hall–Kier alpha value is -2.05. The molecule has 0 fully saturated rings. The molecule has 1 heterocycles. The van der Waals surface area contributed by atoms with Crippen molar-refractivity contribution in [1.82, 2.24) is 0 Å². The zero-order chi connectivity index (χ0) is 15.5. The van der Waals surface area contributed by atoms with Crippen LogP contribution in [0.25, 0.3) is 0 Å². The van der Waals surface area contributed by atoms with Crippen molar-refractivity contribution in [2.75, 3.05) is 6.61 Å². The van der Waals surface area contributed by atoms with Crippen molar-refractivity contribution in [2.24, 2.45) is 10.7 Å². The zero-order valence-electron chi connectivity index (χ0n) is 12.1. The van der Waals surface area contributed by atoms with E-state index in [2.05, 4.69) is 4.99 Å². The number of rotatable bonds is 5. The van der Waals surface area contributed by atoms with Gasteiger partial charge in [0.2, 0.25) is 0 Å². The van der Waals surface area contributed by atoms with E-state index in [1.165, 1.54) is 6.21 Å². The van der Waals surface area contributed by atoms with E-state index in [0.717, 1.165) is 5.56 Å². The van der Waals surface area contributed by atoms with Gasteiger partial charge in [-0.2, -0.15) is 0 Å². The Bertz CT molecular complexity index is 571. The van der Waals surface area contributed by atoms with Crippen LogP contribution in [0, 0.1) is 10.1 Å². The average molecular weight is 289 g/mol. The van der Waals surface area contributed by atoms with Gasteiger partial charge in [0.1, 0.15) is 0 Å². The Morgan fingerprint density at radius 2 is 2.14 bits per heavy atom. The fourth-order valence-corrected chi connectivity index (χ4v) is 2.64. The molecule has 1 aliphatic rings. The van der Waals surface area contributed by atoms with Crippen molar-refractivity contribution in [2.45, 2.75) is 31.7 Å². The third-order valence-electron chi connectivity index (χ3n) is 3.72. The maximum absolute atomic E-state index is 11.7. The summed E-state index contributed by atoms with van der Waals surface area (Å²) in [6.07, 6.45) is 2.10.